The van der Waals surface area contributed by atoms with Crippen molar-refractivity contribution in [3.63, 3.8) is 0 Å². The first-order chi connectivity index (χ1) is 10.2. The zero-order valence-electron chi connectivity index (χ0n) is 15.8. The van der Waals surface area contributed by atoms with E-state index in [1.165, 1.54) is 25.7 Å². The van der Waals surface area contributed by atoms with Crippen molar-refractivity contribution < 1.29 is 9.22 Å². The van der Waals surface area contributed by atoms with E-state index < -0.39 is 8.32 Å². The van der Waals surface area contributed by atoms with Crippen LogP contribution in [-0.4, -0.2) is 20.7 Å². The average molecular weight is 325 g/mol. The molecular formula is C19H36O2Si. The Labute approximate surface area is 139 Å². The monoisotopic (exact) mass is 324 g/mol. The number of ketones is 1. The number of carbonyl (C=O) groups is 1. The highest BCUT2D eigenvalue weighted by Gasteiger charge is 2.37. The molecule has 0 heterocycles. The molecule has 0 aromatic rings. The molecule has 0 aliphatic carbocycles. The van der Waals surface area contributed by atoms with E-state index in [0.29, 0.717) is 0 Å². The molecule has 0 fully saturated rings. The van der Waals surface area contributed by atoms with Crippen LogP contribution < -0.4 is 0 Å². The SMILES string of the molecule is CC=C=C(CCCCCCC)C(=O)CO[Si](C)(C)C(C)(C)C. The van der Waals surface area contributed by atoms with E-state index in [2.05, 4.69) is 46.5 Å². The molecule has 0 N–H and O–H groups in total. The molecule has 0 aromatic carbocycles. The van der Waals surface area contributed by atoms with Crippen molar-refractivity contribution in [1.82, 2.24) is 0 Å². The first-order valence-electron chi connectivity index (χ1n) is 8.73. The molecule has 0 aliphatic rings. The van der Waals surface area contributed by atoms with E-state index in [4.69, 9.17) is 4.43 Å². The molecule has 0 radical (unpaired) electrons. The van der Waals surface area contributed by atoms with Crippen LogP contribution >= 0.6 is 0 Å². The Kier molecular flexibility index (Phi) is 9.91. The minimum Gasteiger partial charge on any atom is -0.409 e. The van der Waals surface area contributed by atoms with E-state index in [0.717, 1.165) is 18.4 Å². The van der Waals surface area contributed by atoms with Crippen molar-refractivity contribution in [1.29, 1.82) is 0 Å². The number of carbonyl (C=O) groups excluding carboxylic acids is 1. The van der Waals surface area contributed by atoms with Crippen molar-refractivity contribution in [3.8, 4) is 0 Å². The largest absolute Gasteiger partial charge is 0.409 e. The van der Waals surface area contributed by atoms with Gasteiger partial charge in [0.05, 0.1) is 6.61 Å². The molecule has 3 heteroatoms. The molecule has 0 atom stereocenters. The Hall–Kier alpha value is -0.633. The molecule has 0 bridgehead atoms. The zero-order valence-corrected chi connectivity index (χ0v) is 16.8. The number of unbranched alkanes of at least 4 members (excludes halogenated alkanes) is 4. The fraction of sp³-hybridized carbons (Fsp3) is 0.789. The summed E-state index contributed by atoms with van der Waals surface area (Å²) < 4.78 is 6.04. The Bertz CT molecular complexity index is 396. The van der Waals surface area contributed by atoms with Gasteiger partial charge in [0.15, 0.2) is 14.1 Å². The van der Waals surface area contributed by atoms with Gasteiger partial charge in [0.25, 0.3) is 0 Å². The highest BCUT2D eigenvalue weighted by Crippen LogP contribution is 2.36. The third kappa shape index (κ3) is 8.12. The van der Waals surface area contributed by atoms with Gasteiger partial charge in [0.1, 0.15) is 0 Å². The summed E-state index contributed by atoms with van der Waals surface area (Å²) in [5, 5.41) is 0.137. The molecule has 0 saturated heterocycles. The molecule has 0 spiro atoms. The molecular weight excluding hydrogens is 288 g/mol. The lowest BCUT2D eigenvalue weighted by Gasteiger charge is -2.35. The van der Waals surface area contributed by atoms with Crippen molar-refractivity contribution in [2.45, 2.75) is 91.3 Å². The van der Waals surface area contributed by atoms with Gasteiger partial charge in [-0.3, -0.25) is 4.79 Å². The second kappa shape index (κ2) is 10.2. The molecule has 0 amide bonds. The van der Waals surface area contributed by atoms with E-state index in [1.54, 1.807) is 0 Å². The van der Waals surface area contributed by atoms with Gasteiger partial charge < -0.3 is 4.43 Å². The fourth-order valence-corrected chi connectivity index (χ4v) is 2.85. The molecule has 0 saturated carbocycles. The van der Waals surface area contributed by atoms with Crippen LogP contribution in [-0.2, 0) is 9.22 Å². The summed E-state index contributed by atoms with van der Waals surface area (Å²) in [6.45, 7) is 15.3. The summed E-state index contributed by atoms with van der Waals surface area (Å²) in [7, 11) is -1.86. The maximum atomic E-state index is 12.4. The first-order valence-corrected chi connectivity index (χ1v) is 11.6. The van der Waals surface area contributed by atoms with Gasteiger partial charge in [-0.1, -0.05) is 53.4 Å². The lowest BCUT2D eigenvalue weighted by atomic mass is 10.0. The molecule has 0 aromatic heterocycles. The van der Waals surface area contributed by atoms with E-state index in [-0.39, 0.29) is 17.4 Å². The van der Waals surface area contributed by atoms with E-state index in [1.807, 2.05) is 13.0 Å². The van der Waals surface area contributed by atoms with E-state index >= 15 is 0 Å². The Balaban J connectivity index is 4.48. The lowest BCUT2D eigenvalue weighted by Crippen LogP contribution is -2.42. The van der Waals surface area contributed by atoms with E-state index in [9.17, 15) is 4.79 Å². The second-order valence-corrected chi connectivity index (χ2v) is 12.4. The van der Waals surface area contributed by atoms with Gasteiger partial charge in [0, 0.05) is 5.57 Å². The molecule has 0 unspecified atom stereocenters. The predicted octanol–water partition coefficient (Wildman–Crippen LogP) is 6.04. The fourth-order valence-electron chi connectivity index (χ4n) is 1.92. The minimum absolute atomic E-state index is 0.110. The van der Waals surface area contributed by atoms with Crippen molar-refractivity contribution in [2.24, 2.45) is 0 Å². The summed E-state index contributed by atoms with van der Waals surface area (Å²) in [4.78, 5) is 12.4. The topological polar surface area (TPSA) is 26.3 Å². The number of Topliss-reactive ketones (excluding diaryl/α,β-unsaturated/α-hetero) is 1. The van der Waals surface area contributed by atoms with Crippen LogP contribution in [0.2, 0.25) is 18.1 Å². The quantitative estimate of drug-likeness (QED) is 0.212. The third-order valence-corrected chi connectivity index (χ3v) is 9.03. The second-order valence-electron chi connectivity index (χ2n) is 7.55. The summed E-state index contributed by atoms with van der Waals surface area (Å²) in [5.74, 6) is 0.110. The molecule has 0 rings (SSSR count). The smallest absolute Gasteiger partial charge is 0.192 e. The predicted molar refractivity (Wildman–Crippen MR) is 98.8 cm³/mol. The van der Waals surface area contributed by atoms with Gasteiger partial charge in [-0.15, -0.1) is 5.73 Å². The standard InChI is InChI=1S/C19H36O2Si/c1-8-10-11-12-13-15-17(14-9-2)18(20)16-21-22(6,7)19(3,4)5/h9H,8,10-13,15-16H2,1-7H3. The van der Waals surface area contributed by atoms with Crippen LogP contribution in [0.1, 0.15) is 73.1 Å². The molecule has 2 nitrogen and oxygen atoms in total. The Morgan fingerprint density at radius 1 is 1.14 bits per heavy atom. The Morgan fingerprint density at radius 2 is 1.73 bits per heavy atom. The third-order valence-electron chi connectivity index (χ3n) is 4.56. The number of rotatable bonds is 10. The average Bonchev–Trinajstić information content (AvgIpc) is 2.42. The summed E-state index contributed by atoms with van der Waals surface area (Å²) in [5.41, 5.74) is 3.93. The summed E-state index contributed by atoms with van der Waals surface area (Å²) in [6.07, 6.45) is 8.72. The first kappa shape index (κ1) is 21.4. The zero-order chi connectivity index (χ0) is 17.2. The van der Waals surface area contributed by atoms with Crippen molar-refractivity contribution >= 4 is 14.1 Å². The van der Waals surface area contributed by atoms with Gasteiger partial charge in [-0.05, 0) is 44.0 Å². The summed E-state index contributed by atoms with van der Waals surface area (Å²) in [6, 6.07) is 0. The number of hydrogen-bond acceptors (Lipinski definition) is 2. The van der Waals surface area contributed by atoms with Crippen LogP contribution in [0, 0.1) is 0 Å². The number of hydrogen-bond donors (Lipinski definition) is 0. The van der Waals surface area contributed by atoms with Crippen LogP contribution in [0.5, 0.6) is 0 Å². The Morgan fingerprint density at radius 3 is 2.23 bits per heavy atom. The van der Waals surface area contributed by atoms with Gasteiger partial charge in [0.2, 0.25) is 0 Å². The maximum absolute atomic E-state index is 12.4. The van der Waals surface area contributed by atoms with Crippen LogP contribution in [0.3, 0.4) is 0 Å². The van der Waals surface area contributed by atoms with Crippen molar-refractivity contribution in [2.75, 3.05) is 6.61 Å². The highest BCUT2D eigenvalue weighted by atomic mass is 28.4. The molecule has 22 heavy (non-hydrogen) atoms. The van der Waals surface area contributed by atoms with Crippen LogP contribution in [0.25, 0.3) is 0 Å². The normalized spacial score (nSPS) is 12.0. The molecule has 0 aliphatic heterocycles. The van der Waals surface area contributed by atoms with Gasteiger partial charge in [-0.25, -0.2) is 0 Å². The minimum atomic E-state index is -1.86. The lowest BCUT2D eigenvalue weighted by molar-refractivity contribution is -0.117. The van der Waals surface area contributed by atoms with Gasteiger partial charge >= 0.3 is 0 Å². The van der Waals surface area contributed by atoms with Gasteiger partial charge in [-0.2, -0.15) is 0 Å². The van der Waals surface area contributed by atoms with Crippen LogP contribution in [0.15, 0.2) is 17.4 Å². The maximum Gasteiger partial charge on any atom is 0.192 e. The highest BCUT2D eigenvalue weighted by molar-refractivity contribution is 6.74. The summed E-state index contributed by atoms with van der Waals surface area (Å²) >= 11 is 0. The van der Waals surface area contributed by atoms with Crippen molar-refractivity contribution in [3.05, 3.63) is 17.4 Å². The molecule has 128 valence electrons. The van der Waals surface area contributed by atoms with Crippen LogP contribution in [0.4, 0.5) is 0 Å².